The highest BCUT2D eigenvalue weighted by molar-refractivity contribution is 5.68. The SMILES string of the molecule is COC1(C2CCCCN2)CCN(C(=O)OC(C)(C)C)C1. The van der Waals surface area contributed by atoms with Gasteiger partial charge in [-0.3, -0.25) is 0 Å². The molecule has 2 atom stereocenters. The first kappa shape index (κ1) is 15.6. The zero-order valence-corrected chi connectivity index (χ0v) is 13.2. The molecule has 2 aliphatic heterocycles. The molecule has 0 aromatic carbocycles. The van der Waals surface area contributed by atoms with Crippen LogP contribution in [0.2, 0.25) is 0 Å². The Morgan fingerprint density at radius 3 is 2.65 bits per heavy atom. The van der Waals surface area contributed by atoms with E-state index in [9.17, 15) is 4.79 Å². The van der Waals surface area contributed by atoms with Gasteiger partial charge in [-0.1, -0.05) is 6.42 Å². The fourth-order valence-electron chi connectivity index (χ4n) is 3.18. The van der Waals surface area contributed by atoms with Gasteiger partial charge in [-0.25, -0.2) is 4.79 Å². The summed E-state index contributed by atoms with van der Waals surface area (Å²) in [6.07, 6.45) is 4.23. The van der Waals surface area contributed by atoms with Crippen molar-refractivity contribution in [3.63, 3.8) is 0 Å². The minimum absolute atomic E-state index is 0.229. The maximum Gasteiger partial charge on any atom is 0.410 e. The lowest BCUT2D eigenvalue weighted by atomic mass is 9.87. The number of nitrogens with zero attached hydrogens (tertiary/aromatic N) is 1. The van der Waals surface area contributed by atoms with E-state index in [1.54, 1.807) is 12.0 Å². The van der Waals surface area contributed by atoms with Crippen LogP contribution >= 0.6 is 0 Å². The Morgan fingerprint density at radius 1 is 1.35 bits per heavy atom. The summed E-state index contributed by atoms with van der Waals surface area (Å²) in [7, 11) is 1.76. The number of hydrogen-bond donors (Lipinski definition) is 1. The molecule has 2 saturated heterocycles. The van der Waals surface area contributed by atoms with Crippen LogP contribution < -0.4 is 5.32 Å². The van der Waals surface area contributed by atoms with Crippen molar-refractivity contribution >= 4 is 6.09 Å². The Morgan fingerprint density at radius 2 is 2.10 bits per heavy atom. The molecule has 0 spiro atoms. The van der Waals surface area contributed by atoms with Crippen molar-refractivity contribution in [2.24, 2.45) is 0 Å². The molecule has 2 heterocycles. The Bertz CT molecular complexity index is 348. The monoisotopic (exact) mass is 284 g/mol. The van der Waals surface area contributed by atoms with Crippen LogP contribution in [-0.4, -0.2) is 55.0 Å². The van der Waals surface area contributed by atoms with E-state index in [2.05, 4.69) is 5.32 Å². The highest BCUT2D eigenvalue weighted by Crippen LogP contribution is 2.32. The second-order valence-corrected chi connectivity index (χ2v) is 6.92. The first-order valence-corrected chi connectivity index (χ1v) is 7.63. The number of carbonyl (C=O) groups is 1. The first-order chi connectivity index (χ1) is 9.36. The van der Waals surface area contributed by atoms with Crippen LogP contribution in [-0.2, 0) is 9.47 Å². The van der Waals surface area contributed by atoms with Crippen molar-refractivity contribution in [1.82, 2.24) is 10.2 Å². The van der Waals surface area contributed by atoms with Gasteiger partial charge in [-0.2, -0.15) is 0 Å². The number of hydrogen-bond acceptors (Lipinski definition) is 4. The fourth-order valence-corrected chi connectivity index (χ4v) is 3.18. The van der Waals surface area contributed by atoms with Gasteiger partial charge in [0.05, 0.1) is 6.54 Å². The van der Waals surface area contributed by atoms with Gasteiger partial charge in [-0.15, -0.1) is 0 Å². The van der Waals surface area contributed by atoms with Gasteiger partial charge < -0.3 is 19.7 Å². The van der Waals surface area contributed by atoms with Crippen molar-refractivity contribution in [2.75, 3.05) is 26.7 Å². The number of likely N-dealkylation sites (tertiary alicyclic amines) is 1. The van der Waals surface area contributed by atoms with Gasteiger partial charge in [0.25, 0.3) is 0 Å². The Kier molecular flexibility index (Phi) is 4.59. The van der Waals surface area contributed by atoms with Crippen LogP contribution in [0.5, 0.6) is 0 Å². The van der Waals surface area contributed by atoms with Gasteiger partial charge in [0.1, 0.15) is 11.2 Å². The lowest BCUT2D eigenvalue weighted by molar-refractivity contribution is -0.0412. The number of piperidine rings is 1. The van der Waals surface area contributed by atoms with E-state index in [4.69, 9.17) is 9.47 Å². The lowest BCUT2D eigenvalue weighted by Gasteiger charge is -2.39. The van der Waals surface area contributed by atoms with E-state index in [1.165, 1.54) is 12.8 Å². The van der Waals surface area contributed by atoms with E-state index in [0.29, 0.717) is 19.1 Å². The zero-order chi connectivity index (χ0) is 14.8. The van der Waals surface area contributed by atoms with Crippen LogP contribution in [0.4, 0.5) is 4.79 Å². The zero-order valence-electron chi connectivity index (χ0n) is 13.2. The predicted octanol–water partition coefficient (Wildman–Crippen LogP) is 2.15. The van der Waals surface area contributed by atoms with Gasteiger partial charge in [0.2, 0.25) is 0 Å². The Labute approximate surface area is 122 Å². The van der Waals surface area contributed by atoms with Gasteiger partial charge in [0.15, 0.2) is 0 Å². The lowest BCUT2D eigenvalue weighted by Crippen LogP contribution is -2.55. The molecule has 0 aromatic heterocycles. The van der Waals surface area contributed by atoms with E-state index in [0.717, 1.165) is 19.4 Å². The van der Waals surface area contributed by atoms with Crippen LogP contribution in [0.15, 0.2) is 0 Å². The number of amides is 1. The summed E-state index contributed by atoms with van der Waals surface area (Å²) >= 11 is 0. The minimum Gasteiger partial charge on any atom is -0.444 e. The van der Waals surface area contributed by atoms with Crippen molar-refractivity contribution in [3.05, 3.63) is 0 Å². The third-order valence-corrected chi connectivity index (χ3v) is 4.27. The van der Waals surface area contributed by atoms with Gasteiger partial charge in [0, 0.05) is 19.7 Å². The van der Waals surface area contributed by atoms with Gasteiger partial charge >= 0.3 is 6.09 Å². The van der Waals surface area contributed by atoms with E-state index in [1.807, 2.05) is 20.8 Å². The largest absolute Gasteiger partial charge is 0.444 e. The molecule has 0 bridgehead atoms. The average molecular weight is 284 g/mol. The van der Waals surface area contributed by atoms with Crippen LogP contribution in [0.1, 0.15) is 46.5 Å². The summed E-state index contributed by atoms with van der Waals surface area (Å²) in [5.41, 5.74) is -0.699. The summed E-state index contributed by atoms with van der Waals surface area (Å²) < 4.78 is 11.3. The van der Waals surface area contributed by atoms with Gasteiger partial charge in [-0.05, 0) is 46.6 Å². The van der Waals surface area contributed by atoms with E-state index >= 15 is 0 Å². The number of nitrogens with one attached hydrogen (secondary N) is 1. The maximum absolute atomic E-state index is 12.2. The van der Waals surface area contributed by atoms with E-state index < -0.39 is 5.60 Å². The molecular weight excluding hydrogens is 256 g/mol. The molecule has 0 aromatic rings. The molecule has 0 radical (unpaired) electrons. The minimum atomic E-state index is -0.446. The molecule has 5 heteroatoms. The van der Waals surface area contributed by atoms with Crippen molar-refractivity contribution < 1.29 is 14.3 Å². The molecular formula is C15H28N2O3. The third kappa shape index (κ3) is 3.44. The first-order valence-electron chi connectivity index (χ1n) is 7.63. The Balaban J connectivity index is 1.99. The predicted molar refractivity (Wildman–Crippen MR) is 77.8 cm³/mol. The molecule has 2 unspecified atom stereocenters. The molecule has 116 valence electrons. The fraction of sp³-hybridized carbons (Fsp3) is 0.933. The molecule has 1 N–H and O–H groups in total. The summed E-state index contributed by atoms with van der Waals surface area (Å²) in [4.78, 5) is 14.0. The molecule has 2 rings (SSSR count). The summed E-state index contributed by atoms with van der Waals surface area (Å²) in [5.74, 6) is 0. The normalized spacial score (nSPS) is 31.4. The number of ether oxygens (including phenoxy) is 2. The summed E-state index contributed by atoms with van der Waals surface area (Å²) in [5, 5.41) is 3.56. The molecule has 0 aliphatic carbocycles. The van der Waals surface area contributed by atoms with E-state index in [-0.39, 0.29) is 11.7 Å². The van der Waals surface area contributed by atoms with Crippen molar-refractivity contribution in [1.29, 1.82) is 0 Å². The maximum atomic E-state index is 12.2. The molecule has 0 saturated carbocycles. The highest BCUT2D eigenvalue weighted by atomic mass is 16.6. The van der Waals surface area contributed by atoms with Crippen LogP contribution in [0.25, 0.3) is 0 Å². The van der Waals surface area contributed by atoms with Crippen LogP contribution in [0.3, 0.4) is 0 Å². The topological polar surface area (TPSA) is 50.8 Å². The Hall–Kier alpha value is -0.810. The molecule has 1 amide bonds. The van der Waals surface area contributed by atoms with Crippen molar-refractivity contribution in [2.45, 2.75) is 63.7 Å². The summed E-state index contributed by atoms with van der Waals surface area (Å²) in [6, 6.07) is 0.341. The highest BCUT2D eigenvalue weighted by Gasteiger charge is 2.47. The van der Waals surface area contributed by atoms with Crippen LogP contribution in [0, 0.1) is 0 Å². The molecule has 2 aliphatic rings. The third-order valence-electron chi connectivity index (χ3n) is 4.27. The number of methoxy groups -OCH3 is 1. The number of rotatable bonds is 2. The quantitative estimate of drug-likeness (QED) is 0.844. The second kappa shape index (κ2) is 5.90. The molecule has 5 nitrogen and oxygen atoms in total. The molecule has 2 fully saturated rings. The standard InChI is InChI=1S/C15H28N2O3/c1-14(2,3)20-13(18)17-10-8-15(11-17,19-4)12-7-5-6-9-16-12/h12,16H,5-11H2,1-4H3. The molecule has 20 heavy (non-hydrogen) atoms. The second-order valence-electron chi connectivity index (χ2n) is 6.92. The average Bonchev–Trinajstić information content (AvgIpc) is 2.84. The van der Waals surface area contributed by atoms with Crippen molar-refractivity contribution in [3.8, 4) is 0 Å². The smallest absolute Gasteiger partial charge is 0.410 e. The number of carbonyl (C=O) groups excluding carboxylic acids is 1. The summed E-state index contributed by atoms with van der Waals surface area (Å²) in [6.45, 7) is 8.06.